The van der Waals surface area contributed by atoms with Crippen molar-refractivity contribution in [2.75, 3.05) is 18.1 Å². The Balaban J connectivity index is 2.30. The standard InChI is InChI=1S/C15H19N3O/c1-4-11-7-10(2)9-18-15(11)19-12-5-6-13(16)14(8-12)17-3/h5-9,17H,4,16H2,1-3H3. The lowest BCUT2D eigenvalue weighted by Gasteiger charge is -2.11. The van der Waals surface area contributed by atoms with Crippen LogP contribution in [0, 0.1) is 6.92 Å². The molecular weight excluding hydrogens is 238 g/mol. The topological polar surface area (TPSA) is 60.2 Å². The molecule has 0 fully saturated rings. The third-order valence-electron chi connectivity index (χ3n) is 2.95. The number of rotatable bonds is 4. The maximum atomic E-state index is 5.85. The quantitative estimate of drug-likeness (QED) is 0.824. The Hall–Kier alpha value is -2.23. The molecule has 0 saturated heterocycles. The van der Waals surface area contributed by atoms with Gasteiger partial charge in [-0.1, -0.05) is 6.92 Å². The fraction of sp³-hybridized carbons (Fsp3) is 0.267. The van der Waals surface area contributed by atoms with Crippen molar-refractivity contribution < 1.29 is 4.74 Å². The lowest BCUT2D eigenvalue weighted by molar-refractivity contribution is 0.457. The first-order valence-corrected chi connectivity index (χ1v) is 6.34. The predicted octanol–water partition coefficient (Wildman–Crippen LogP) is 3.37. The van der Waals surface area contributed by atoms with Crippen LogP contribution in [0.1, 0.15) is 18.1 Å². The molecular formula is C15H19N3O. The summed E-state index contributed by atoms with van der Waals surface area (Å²) in [6.45, 7) is 4.11. The highest BCUT2D eigenvalue weighted by Gasteiger charge is 2.07. The first-order valence-electron chi connectivity index (χ1n) is 6.34. The van der Waals surface area contributed by atoms with Crippen LogP contribution in [0.5, 0.6) is 11.6 Å². The summed E-state index contributed by atoms with van der Waals surface area (Å²) in [6.07, 6.45) is 2.70. The van der Waals surface area contributed by atoms with E-state index in [1.807, 2.05) is 38.4 Å². The van der Waals surface area contributed by atoms with Gasteiger partial charge in [0, 0.05) is 24.9 Å². The number of nitrogen functional groups attached to an aromatic ring is 1. The van der Waals surface area contributed by atoms with Gasteiger partial charge in [0.25, 0.3) is 0 Å². The Kier molecular flexibility index (Phi) is 3.90. The van der Waals surface area contributed by atoms with Crippen LogP contribution in [0.4, 0.5) is 11.4 Å². The largest absolute Gasteiger partial charge is 0.439 e. The molecule has 19 heavy (non-hydrogen) atoms. The minimum atomic E-state index is 0.653. The highest BCUT2D eigenvalue weighted by atomic mass is 16.5. The molecule has 1 aromatic heterocycles. The molecule has 2 rings (SSSR count). The molecule has 4 nitrogen and oxygen atoms in total. The van der Waals surface area contributed by atoms with Crippen molar-refractivity contribution in [1.29, 1.82) is 0 Å². The van der Waals surface area contributed by atoms with Gasteiger partial charge in [0.2, 0.25) is 5.88 Å². The van der Waals surface area contributed by atoms with Gasteiger partial charge in [0.05, 0.1) is 11.4 Å². The van der Waals surface area contributed by atoms with Gasteiger partial charge in [-0.15, -0.1) is 0 Å². The Morgan fingerprint density at radius 3 is 2.79 bits per heavy atom. The van der Waals surface area contributed by atoms with Gasteiger partial charge >= 0.3 is 0 Å². The van der Waals surface area contributed by atoms with Crippen LogP contribution in [-0.2, 0) is 6.42 Å². The zero-order valence-corrected chi connectivity index (χ0v) is 11.5. The molecule has 0 aliphatic heterocycles. The van der Waals surface area contributed by atoms with Gasteiger partial charge in [0.1, 0.15) is 5.75 Å². The molecule has 100 valence electrons. The van der Waals surface area contributed by atoms with Crippen LogP contribution in [0.2, 0.25) is 0 Å². The zero-order chi connectivity index (χ0) is 13.8. The van der Waals surface area contributed by atoms with Crippen molar-refractivity contribution in [1.82, 2.24) is 4.98 Å². The number of aromatic nitrogens is 1. The maximum absolute atomic E-state index is 5.85. The summed E-state index contributed by atoms with van der Waals surface area (Å²) in [5.74, 6) is 1.38. The van der Waals surface area contributed by atoms with Gasteiger partial charge in [-0.05, 0) is 37.1 Å². The van der Waals surface area contributed by atoms with Gasteiger partial charge < -0.3 is 15.8 Å². The van der Waals surface area contributed by atoms with Crippen LogP contribution in [0.25, 0.3) is 0 Å². The van der Waals surface area contributed by atoms with E-state index in [4.69, 9.17) is 10.5 Å². The number of hydrogen-bond acceptors (Lipinski definition) is 4. The summed E-state index contributed by atoms with van der Waals surface area (Å²) in [4.78, 5) is 4.35. The summed E-state index contributed by atoms with van der Waals surface area (Å²) < 4.78 is 5.85. The Morgan fingerprint density at radius 2 is 2.11 bits per heavy atom. The number of ether oxygens (including phenoxy) is 1. The van der Waals surface area contributed by atoms with Crippen molar-refractivity contribution >= 4 is 11.4 Å². The number of nitrogens with one attached hydrogen (secondary N) is 1. The van der Waals surface area contributed by atoms with E-state index in [-0.39, 0.29) is 0 Å². The van der Waals surface area contributed by atoms with Crippen LogP contribution < -0.4 is 15.8 Å². The van der Waals surface area contributed by atoms with E-state index in [1.54, 1.807) is 0 Å². The Morgan fingerprint density at radius 1 is 1.32 bits per heavy atom. The van der Waals surface area contributed by atoms with Gasteiger partial charge in [-0.3, -0.25) is 0 Å². The molecule has 0 aliphatic carbocycles. The minimum Gasteiger partial charge on any atom is -0.439 e. The van der Waals surface area contributed by atoms with Crippen LogP contribution in [0.15, 0.2) is 30.5 Å². The molecule has 1 aromatic carbocycles. The third kappa shape index (κ3) is 2.96. The van der Waals surface area contributed by atoms with E-state index in [1.165, 1.54) is 0 Å². The second-order valence-corrected chi connectivity index (χ2v) is 4.43. The average molecular weight is 257 g/mol. The number of pyridine rings is 1. The predicted molar refractivity (Wildman–Crippen MR) is 78.8 cm³/mol. The number of benzene rings is 1. The van der Waals surface area contributed by atoms with E-state index >= 15 is 0 Å². The second-order valence-electron chi connectivity index (χ2n) is 4.43. The summed E-state index contributed by atoms with van der Waals surface area (Å²) in [5.41, 5.74) is 9.62. The smallest absolute Gasteiger partial charge is 0.222 e. The number of hydrogen-bond donors (Lipinski definition) is 2. The van der Waals surface area contributed by atoms with Gasteiger partial charge in [-0.2, -0.15) is 0 Å². The van der Waals surface area contributed by atoms with Crippen molar-refractivity contribution in [2.24, 2.45) is 0 Å². The lowest BCUT2D eigenvalue weighted by Crippen LogP contribution is -1.98. The molecule has 0 aliphatic rings. The molecule has 0 bridgehead atoms. The zero-order valence-electron chi connectivity index (χ0n) is 11.5. The number of nitrogens with zero attached hydrogens (tertiary/aromatic N) is 1. The average Bonchev–Trinajstić information content (AvgIpc) is 2.42. The summed E-state index contributed by atoms with van der Waals surface area (Å²) >= 11 is 0. The molecule has 0 saturated carbocycles. The molecule has 1 heterocycles. The van der Waals surface area contributed by atoms with Crippen molar-refractivity contribution in [3.05, 3.63) is 41.6 Å². The molecule has 4 heteroatoms. The minimum absolute atomic E-state index is 0.653. The van der Waals surface area contributed by atoms with E-state index < -0.39 is 0 Å². The molecule has 0 unspecified atom stereocenters. The second kappa shape index (κ2) is 5.61. The molecule has 0 atom stereocenters. The highest BCUT2D eigenvalue weighted by Crippen LogP contribution is 2.29. The van der Waals surface area contributed by atoms with Crippen molar-refractivity contribution in [3.63, 3.8) is 0 Å². The summed E-state index contributed by atoms with van der Waals surface area (Å²) in [6, 6.07) is 7.63. The lowest BCUT2D eigenvalue weighted by atomic mass is 10.1. The van der Waals surface area contributed by atoms with Gasteiger partial charge in [0.15, 0.2) is 0 Å². The molecule has 0 amide bonds. The highest BCUT2D eigenvalue weighted by molar-refractivity contribution is 5.68. The van der Waals surface area contributed by atoms with E-state index in [2.05, 4.69) is 23.3 Å². The van der Waals surface area contributed by atoms with E-state index in [9.17, 15) is 0 Å². The van der Waals surface area contributed by atoms with E-state index in [0.29, 0.717) is 11.6 Å². The van der Waals surface area contributed by atoms with Crippen molar-refractivity contribution in [3.8, 4) is 11.6 Å². The maximum Gasteiger partial charge on any atom is 0.222 e. The number of aryl methyl sites for hydroxylation is 2. The molecule has 0 spiro atoms. The van der Waals surface area contributed by atoms with E-state index in [0.717, 1.165) is 29.0 Å². The fourth-order valence-corrected chi connectivity index (χ4v) is 1.89. The van der Waals surface area contributed by atoms with Crippen molar-refractivity contribution in [2.45, 2.75) is 20.3 Å². The Labute approximate surface area is 113 Å². The SMILES string of the molecule is CCc1cc(C)cnc1Oc1ccc(N)c(NC)c1. The third-order valence-corrected chi connectivity index (χ3v) is 2.95. The van der Waals surface area contributed by atoms with Crippen LogP contribution in [0.3, 0.4) is 0 Å². The number of anilines is 2. The number of nitrogens with two attached hydrogens (primary N) is 1. The van der Waals surface area contributed by atoms with Crippen LogP contribution >= 0.6 is 0 Å². The molecule has 0 radical (unpaired) electrons. The summed E-state index contributed by atoms with van der Waals surface area (Å²) in [5, 5.41) is 3.03. The van der Waals surface area contributed by atoms with Gasteiger partial charge in [-0.25, -0.2) is 4.98 Å². The monoisotopic (exact) mass is 257 g/mol. The first-order chi connectivity index (χ1) is 9.13. The van der Waals surface area contributed by atoms with Crippen LogP contribution in [-0.4, -0.2) is 12.0 Å². The molecule has 2 aromatic rings. The first kappa shape index (κ1) is 13.2. The fourth-order valence-electron chi connectivity index (χ4n) is 1.89. The summed E-state index contributed by atoms with van der Waals surface area (Å²) in [7, 11) is 1.83. The Bertz CT molecular complexity index is 582. The molecule has 3 N–H and O–H groups in total. The normalized spacial score (nSPS) is 10.3.